The Morgan fingerprint density at radius 1 is 1.08 bits per heavy atom. The number of carbonyl (C=O) groups is 2. The summed E-state index contributed by atoms with van der Waals surface area (Å²) in [6.07, 6.45) is 5.02. The summed E-state index contributed by atoms with van der Waals surface area (Å²) >= 11 is 0. The Balaban J connectivity index is 2.51. The molecule has 0 radical (unpaired) electrons. The van der Waals surface area contributed by atoms with Crippen molar-refractivity contribution in [3.05, 3.63) is 12.2 Å². The quantitative estimate of drug-likeness (QED) is 0.322. The van der Waals surface area contributed by atoms with E-state index in [1.807, 2.05) is 26.0 Å². The van der Waals surface area contributed by atoms with Crippen LogP contribution in [0.2, 0.25) is 0 Å². The van der Waals surface area contributed by atoms with Gasteiger partial charge in [0.1, 0.15) is 0 Å². The molecule has 1 saturated heterocycles. The van der Waals surface area contributed by atoms with Crippen molar-refractivity contribution in [3.63, 3.8) is 0 Å². The number of esters is 2. The molecule has 2 heterocycles. The Hall–Kier alpha value is -1.12. The Morgan fingerprint density at radius 2 is 1.46 bits per heavy atom. The van der Waals surface area contributed by atoms with Gasteiger partial charge in [0.15, 0.2) is 0 Å². The van der Waals surface area contributed by atoms with Crippen LogP contribution in [0.5, 0.6) is 0 Å². The lowest BCUT2D eigenvalue weighted by atomic mass is 9.72. The predicted molar refractivity (Wildman–Crippen MR) is 45.7 cm³/mol. The minimum atomic E-state index is -0.578. The second kappa shape index (κ2) is 2.22. The van der Waals surface area contributed by atoms with Gasteiger partial charge in [0.05, 0.1) is 10.8 Å². The molecule has 2 bridgehead atoms. The van der Waals surface area contributed by atoms with E-state index in [0.717, 1.165) is 0 Å². The molecular formula is C10H12O3. The van der Waals surface area contributed by atoms with Crippen molar-refractivity contribution in [1.82, 2.24) is 0 Å². The maximum Gasteiger partial charge on any atom is 0.323 e. The van der Waals surface area contributed by atoms with Crippen LogP contribution in [0, 0.1) is 10.8 Å². The van der Waals surface area contributed by atoms with Crippen molar-refractivity contribution >= 4 is 11.9 Å². The maximum absolute atomic E-state index is 11.5. The van der Waals surface area contributed by atoms with Gasteiger partial charge in [-0.1, -0.05) is 12.2 Å². The fraction of sp³-hybridized carbons (Fsp3) is 0.600. The van der Waals surface area contributed by atoms with E-state index in [-0.39, 0.29) is 0 Å². The highest BCUT2D eigenvalue weighted by atomic mass is 16.6. The monoisotopic (exact) mass is 180 g/mol. The standard InChI is InChI=1S/C10H12O3/c1-9-3-5-10(2,6-4-9)8(12)13-7(9)11/h3,5H,4,6H2,1-2H3. The van der Waals surface area contributed by atoms with Gasteiger partial charge in [-0.05, 0) is 26.7 Å². The zero-order chi connectivity index (χ0) is 9.69. The lowest BCUT2D eigenvalue weighted by molar-refractivity contribution is -0.166. The first-order chi connectivity index (χ1) is 5.96. The summed E-state index contributed by atoms with van der Waals surface area (Å²) in [5.41, 5.74) is -1.16. The van der Waals surface area contributed by atoms with Gasteiger partial charge in [-0.3, -0.25) is 9.59 Å². The van der Waals surface area contributed by atoms with Crippen LogP contribution < -0.4 is 0 Å². The van der Waals surface area contributed by atoms with E-state index in [0.29, 0.717) is 12.8 Å². The summed E-state index contributed by atoms with van der Waals surface area (Å²) in [6, 6.07) is 0. The molecule has 2 aliphatic heterocycles. The third-order valence-electron chi connectivity index (χ3n) is 3.10. The van der Waals surface area contributed by atoms with Crippen molar-refractivity contribution in [3.8, 4) is 0 Å². The normalized spacial score (nSPS) is 43.2. The highest BCUT2D eigenvalue weighted by Gasteiger charge is 2.48. The lowest BCUT2D eigenvalue weighted by Crippen LogP contribution is -2.27. The molecule has 0 amide bonds. The van der Waals surface area contributed by atoms with Crippen molar-refractivity contribution in [2.45, 2.75) is 26.7 Å². The molecule has 1 aliphatic carbocycles. The minimum absolute atomic E-state index is 0.407. The SMILES string of the molecule is CC12C=CC(C)(CC1)C(=O)OC2=O. The first kappa shape index (κ1) is 8.48. The minimum Gasteiger partial charge on any atom is -0.392 e. The molecule has 1 fully saturated rings. The molecule has 3 nitrogen and oxygen atoms in total. The third-order valence-corrected chi connectivity index (χ3v) is 3.10. The third kappa shape index (κ3) is 1.03. The number of carbonyl (C=O) groups excluding carboxylic acids is 2. The second-order valence-electron chi connectivity index (χ2n) is 4.35. The van der Waals surface area contributed by atoms with Crippen molar-refractivity contribution in [1.29, 1.82) is 0 Å². The van der Waals surface area contributed by atoms with Gasteiger partial charge in [-0.25, -0.2) is 0 Å². The van der Waals surface area contributed by atoms with E-state index in [4.69, 9.17) is 4.74 Å². The fourth-order valence-corrected chi connectivity index (χ4v) is 1.71. The zero-order valence-corrected chi connectivity index (χ0v) is 7.79. The highest BCUT2D eigenvalue weighted by molar-refractivity contribution is 5.95. The number of ether oxygens (including phenoxy) is 1. The molecule has 3 rings (SSSR count). The highest BCUT2D eigenvalue weighted by Crippen LogP contribution is 2.44. The summed E-state index contributed by atoms with van der Waals surface area (Å²) in [7, 11) is 0. The Kier molecular flexibility index (Phi) is 1.45. The molecule has 3 heteroatoms. The van der Waals surface area contributed by atoms with Crippen LogP contribution in [0.25, 0.3) is 0 Å². The van der Waals surface area contributed by atoms with Gasteiger partial charge in [0.25, 0.3) is 0 Å². The van der Waals surface area contributed by atoms with Gasteiger partial charge in [0.2, 0.25) is 0 Å². The maximum atomic E-state index is 11.5. The second-order valence-corrected chi connectivity index (χ2v) is 4.35. The van der Waals surface area contributed by atoms with E-state index in [9.17, 15) is 9.59 Å². The molecule has 0 aromatic heterocycles. The summed E-state index contributed by atoms with van der Waals surface area (Å²) in [4.78, 5) is 22.9. The van der Waals surface area contributed by atoms with Gasteiger partial charge >= 0.3 is 11.9 Å². The summed E-state index contributed by atoms with van der Waals surface area (Å²) in [5, 5.41) is 0. The van der Waals surface area contributed by atoms with Crippen LogP contribution in [0.1, 0.15) is 26.7 Å². The van der Waals surface area contributed by atoms with E-state index < -0.39 is 22.8 Å². The Bertz CT molecular complexity index is 288. The zero-order valence-electron chi connectivity index (χ0n) is 7.79. The Labute approximate surface area is 76.8 Å². The topological polar surface area (TPSA) is 43.4 Å². The predicted octanol–water partition coefficient (Wildman–Crippen LogP) is 1.43. The number of hydrogen-bond donors (Lipinski definition) is 0. The van der Waals surface area contributed by atoms with E-state index in [1.165, 1.54) is 0 Å². The largest absolute Gasteiger partial charge is 0.392 e. The average molecular weight is 180 g/mol. The number of rotatable bonds is 0. The van der Waals surface area contributed by atoms with Gasteiger partial charge in [-0.15, -0.1) is 0 Å². The first-order valence-corrected chi connectivity index (χ1v) is 4.43. The van der Waals surface area contributed by atoms with Crippen LogP contribution in [0.3, 0.4) is 0 Å². The van der Waals surface area contributed by atoms with Crippen LogP contribution in [0.4, 0.5) is 0 Å². The molecule has 2 unspecified atom stereocenters. The van der Waals surface area contributed by atoms with Crippen molar-refractivity contribution in [2.75, 3.05) is 0 Å². The lowest BCUT2D eigenvalue weighted by Gasteiger charge is -2.27. The molecule has 0 aromatic rings. The Morgan fingerprint density at radius 3 is 1.77 bits per heavy atom. The summed E-state index contributed by atoms with van der Waals surface area (Å²) < 4.78 is 4.76. The molecule has 0 aromatic carbocycles. The van der Waals surface area contributed by atoms with Crippen LogP contribution in [-0.2, 0) is 14.3 Å². The van der Waals surface area contributed by atoms with Crippen molar-refractivity contribution < 1.29 is 14.3 Å². The first-order valence-electron chi connectivity index (χ1n) is 4.43. The molecule has 0 N–H and O–H groups in total. The molecule has 70 valence electrons. The molecular weight excluding hydrogens is 168 g/mol. The molecule has 0 spiro atoms. The molecule has 0 saturated carbocycles. The number of hydrogen-bond acceptors (Lipinski definition) is 3. The van der Waals surface area contributed by atoms with Crippen LogP contribution >= 0.6 is 0 Å². The molecule has 3 aliphatic rings. The van der Waals surface area contributed by atoms with E-state index in [1.54, 1.807) is 0 Å². The van der Waals surface area contributed by atoms with E-state index in [2.05, 4.69) is 0 Å². The number of fused-ring (bicyclic) bond motifs is 3. The molecule has 2 atom stereocenters. The van der Waals surface area contributed by atoms with Gasteiger partial charge in [0, 0.05) is 0 Å². The molecule has 13 heavy (non-hydrogen) atoms. The van der Waals surface area contributed by atoms with E-state index >= 15 is 0 Å². The van der Waals surface area contributed by atoms with Crippen molar-refractivity contribution in [2.24, 2.45) is 10.8 Å². The average Bonchev–Trinajstić information content (AvgIpc) is 2.21. The van der Waals surface area contributed by atoms with Crippen LogP contribution in [0.15, 0.2) is 12.2 Å². The summed E-state index contributed by atoms with van der Waals surface area (Å²) in [5.74, 6) is -0.815. The van der Waals surface area contributed by atoms with Crippen LogP contribution in [-0.4, -0.2) is 11.9 Å². The van der Waals surface area contributed by atoms with Gasteiger partial charge in [-0.2, -0.15) is 0 Å². The smallest absolute Gasteiger partial charge is 0.323 e. The summed E-state index contributed by atoms with van der Waals surface area (Å²) in [6.45, 7) is 3.62. The van der Waals surface area contributed by atoms with Gasteiger partial charge < -0.3 is 4.74 Å². The fourth-order valence-electron chi connectivity index (χ4n) is 1.71.